The van der Waals surface area contributed by atoms with Crippen molar-refractivity contribution in [2.75, 3.05) is 0 Å². The van der Waals surface area contributed by atoms with Gasteiger partial charge in [-0.1, -0.05) is 29.3 Å². The first-order valence-corrected chi connectivity index (χ1v) is 4.39. The maximum Gasteiger partial charge on any atom is 0.109 e. The zero-order chi connectivity index (χ0) is 9.26. The number of nitrogens with zero attached hydrogens (tertiary/aromatic N) is 2. The second kappa shape index (κ2) is 3.40. The molecule has 0 saturated heterocycles. The Morgan fingerprint density at radius 2 is 1.92 bits per heavy atom. The summed E-state index contributed by atoms with van der Waals surface area (Å²) in [6.07, 6.45) is 5.96. The molecule has 13 heavy (non-hydrogen) atoms. The van der Waals surface area contributed by atoms with Gasteiger partial charge in [0.15, 0.2) is 0 Å². The molecule has 0 unspecified atom stereocenters. The fourth-order valence-electron chi connectivity index (χ4n) is 1.08. The van der Waals surface area contributed by atoms with Crippen molar-refractivity contribution in [1.82, 2.24) is 9.55 Å². The van der Waals surface area contributed by atoms with Gasteiger partial charge in [0.2, 0.25) is 0 Å². The number of aromatic nitrogens is 2. The molecule has 0 aliphatic carbocycles. The number of benzene rings is 1. The third kappa shape index (κ3) is 1.55. The van der Waals surface area contributed by atoms with E-state index in [0.717, 1.165) is 5.69 Å². The van der Waals surface area contributed by atoms with E-state index < -0.39 is 0 Å². The van der Waals surface area contributed by atoms with Crippen molar-refractivity contribution in [2.45, 2.75) is 0 Å². The monoisotopic (exact) mass is 211 g/mol. The molecule has 65 valence electrons. The molecule has 1 aromatic carbocycles. The van der Waals surface area contributed by atoms with Crippen LogP contribution in [0.3, 0.4) is 0 Å². The van der Waals surface area contributed by atoms with Crippen LogP contribution in [0.25, 0.3) is 5.69 Å². The molecule has 0 fully saturated rings. The van der Waals surface area contributed by atoms with Crippen LogP contribution < -0.4 is 0 Å². The molecule has 0 spiro atoms. The standard InChI is InChI=1S/C9H5Cl2N2/c10-7-2-1-3-8(11)9(7)13-5-4-12-6-13/h1-3,5-6H. The molecule has 2 rings (SSSR count). The minimum Gasteiger partial charge on any atom is -0.303 e. The molecule has 0 bridgehead atoms. The van der Waals surface area contributed by atoms with Gasteiger partial charge in [0.05, 0.1) is 15.7 Å². The van der Waals surface area contributed by atoms with E-state index in [9.17, 15) is 0 Å². The van der Waals surface area contributed by atoms with Crippen LogP contribution in [0.4, 0.5) is 0 Å². The summed E-state index contributed by atoms with van der Waals surface area (Å²) >= 11 is 11.9. The molecule has 0 amide bonds. The molecule has 4 heteroatoms. The van der Waals surface area contributed by atoms with E-state index in [1.165, 1.54) is 0 Å². The molecular weight excluding hydrogens is 207 g/mol. The van der Waals surface area contributed by atoms with Crippen LogP contribution in [-0.4, -0.2) is 9.55 Å². The van der Waals surface area contributed by atoms with Gasteiger partial charge in [-0.2, -0.15) is 0 Å². The average Bonchev–Trinajstić information content (AvgIpc) is 2.57. The maximum absolute atomic E-state index is 5.97. The Balaban J connectivity index is 2.64. The predicted octanol–water partition coefficient (Wildman–Crippen LogP) is 2.98. The summed E-state index contributed by atoms with van der Waals surface area (Å²) in [6.45, 7) is 0. The van der Waals surface area contributed by atoms with Crippen molar-refractivity contribution in [3.8, 4) is 5.69 Å². The van der Waals surface area contributed by atoms with Crippen molar-refractivity contribution in [3.63, 3.8) is 0 Å². The lowest BCUT2D eigenvalue weighted by Gasteiger charge is -2.06. The molecule has 1 aromatic heterocycles. The van der Waals surface area contributed by atoms with E-state index in [-0.39, 0.29) is 0 Å². The summed E-state index contributed by atoms with van der Waals surface area (Å²) in [6, 6.07) is 5.36. The topological polar surface area (TPSA) is 17.8 Å². The van der Waals surface area contributed by atoms with Crippen LogP contribution >= 0.6 is 23.2 Å². The summed E-state index contributed by atoms with van der Waals surface area (Å²) in [5, 5.41) is 1.19. The largest absolute Gasteiger partial charge is 0.303 e. The quantitative estimate of drug-likeness (QED) is 0.710. The van der Waals surface area contributed by atoms with Crippen molar-refractivity contribution < 1.29 is 0 Å². The van der Waals surface area contributed by atoms with E-state index in [4.69, 9.17) is 23.2 Å². The molecule has 2 nitrogen and oxygen atoms in total. The number of rotatable bonds is 1. The smallest absolute Gasteiger partial charge is 0.109 e. The second-order valence-electron chi connectivity index (χ2n) is 2.48. The fraction of sp³-hybridized carbons (Fsp3) is 0. The van der Waals surface area contributed by atoms with E-state index in [2.05, 4.69) is 11.2 Å². The van der Waals surface area contributed by atoms with E-state index in [1.54, 1.807) is 35.3 Å². The first-order chi connectivity index (χ1) is 6.29. The summed E-state index contributed by atoms with van der Waals surface area (Å²) < 4.78 is 1.73. The van der Waals surface area contributed by atoms with Gasteiger partial charge in [-0.05, 0) is 12.1 Å². The van der Waals surface area contributed by atoms with Gasteiger partial charge >= 0.3 is 0 Å². The van der Waals surface area contributed by atoms with E-state index in [0.29, 0.717) is 10.0 Å². The van der Waals surface area contributed by atoms with Gasteiger partial charge in [0, 0.05) is 6.20 Å². The Hall–Kier alpha value is -0.990. The Kier molecular flexibility index (Phi) is 2.25. The lowest BCUT2D eigenvalue weighted by molar-refractivity contribution is 1.06. The number of imidazole rings is 1. The Labute approximate surface area is 85.7 Å². The molecule has 1 heterocycles. The van der Waals surface area contributed by atoms with Gasteiger partial charge in [0.25, 0.3) is 0 Å². The lowest BCUT2D eigenvalue weighted by atomic mass is 10.3. The lowest BCUT2D eigenvalue weighted by Crippen LogP contribution is -1.91. The average molecular weight is 212 g/mol. The number of hydrogen-bond acceptors (Lipinski definition) is 1. The summed E-state index contributed by atoms with van der Waals surface area (Å²) in [7, 11) is 0. The van der Waals surface area contributed by atoms with Gasteiger partial charge in [0.1, 0.15) is 12.5 Å². The van der Waals surface area contributed by atoms with Crippen LogP contribution in [0.15, 0.2) is 30.7 Å². The molecule has 1 radical (unpaired) electrons. The highest BCUT2D eigenvalue weighted by Crippen LogP contribution is 2.27. The van der Waals surface area contributed by atoms with Gasteiger partial charge < -0.3 is 4.57 Å². The van der Waals surface area contributed by atoms with Crippen molar-refractivity contribution in [3.05, 3.63) is 47.0 Å². The summed E-state index contributed by atoms with van der Waals surface area (Å²) in [4.78, 5) is 3.80. The summed E-state index contributed by atoms with van der Waals surface area (Å²) in [5.41, 5.74) is 0.736. The second-order valence-corrected chi connectivity index (χ2v) is 3.29. The highest BCUT2D eigenvalue weighted by molar-refractivity contribution is 6.37. The van der Waals surface area contributed by atoms with Crippen LogP contribution in [0.2, 0.25) is 10.0 Å². The molecular formula is C9H5Cl2N2. The Morgan fingerprint density at radius 3 is 2.46 bits per heavy atom. The highest BCUT2D eigenvalue weighted by atomic mass is 35.5. The van der Waals surface area contributed by atoms with Gasteiger partial charge in [-0.25, -0.2) is 4.98 Å². The number of para-hydroxylation sites is 1. The molecule has 0 aliphatic rings. The number of hydrogen-bond donors (Lipinski definition) is 0. The van der Waals surface area contributed by atoms with Gasteiger partial charge in [-0.3, -0.25) is 0 Å². The first kappa shape index (κ1) is 8.60. The third-order valence-electron chi connectivity index (χ3n) is 1.65. The summed E-state index contributed by atoms with van der Waals surface area (Å²) in [5.74, 6) is 0. The van der Waals surface area contributed by atoms with Crippen LogP contribution in [-0.2, 0) is 0 Å². The molecule has 2 aromatic rings. The number of halogens is 2. The highest BCUT2D eigenvalue weighted by Gasteiger charge is 2.05. The van der Waals surface area contributed by atoms with Crippen LogP contribution in [0, 0.1) is 6.20 Å². The molecule has 0 aliphatic heterocycles. The third-order valence-corrected chi connectivity index (χ3v) is 2.26. The predicted molar refractivity (Wildman–Crippen MR) is 52.4 cm³/mol. The zero-order valence-corrected chi connectivity index (χ0v) is 8.05. The van der Waals surface area contributed by atoms with Crippen molar-refractivity contribution in [2.24, 2.45) is 0 Å². The molecule has 0 atom stereocenters. The molecule has 0 N–H and O–H groups in total. The fourth-order valence-corrected chi connectivity index (χ4v) is 1.67. The maximum atomic E-state index is 5.97. The van der Waals surface area contributed by atoms with Crippen molar-refractivity contribution >= 4 is 23.2 Å². The minimum absolute atomic E-state index is 0.596. The van der Waals surface area contributed by atoms with Gasteiger partial charge in [-0.15, -0.1) is 0 Å². The van der Waals surface area contributed by atoms with Crippen molar-refractivity contribution in [1.29, 1.82) is 0 Å². The van der Waals surface area contributed by atoms with Crippen LogP contribution in [0.5, 0.6) is 0 Å². The Morgan fingerprint density at radius 1 is 1.23 bits per heavy atom. The first-order valence-electron chi connectivity index (χ1n) is 3.63. The zero-order valence-electron chi connectivity index (χ0n) is 6.54. The SMILES string of the molecule is Clc1cccc(Cl)c1-n1c[c]nc1. The normalized spacial score (nSPS) is 10.3. The van der Waals surface area contributed by atoms with E-state index >= 15 is 0 Å². The Bertz CT molecular complexity index is 389. The minimum atomic E-state index is 0.596. The molecule has 0 saturated carbocycles. The van der Waals surface area contributed by atoms with Crippen LogP contribution in [0.1, 0.15) is 0 Å². The van der Waals surface area contributed by atoms with E-state index in [1.807, 2.05) is 0 Å².